The molecule has 5 rings (SSSR count). The van der Waals surface area contributed by atoms with Gasteiger partial charge in [0.25, 0.3) is 0 Å². The summed E-state index contributed by atoms with van der Waals surface area (Å²) in [4.78, 5) is 0. The minimum atomic E-state index is 0.0978. The number of nitrogens with one attached hydrogen (secondary N) is 1. The van der Waals surface area contributed by atoms with Gasteiger partial charge in [-0.15, -0.1) is 0 Å². The van der Waals surface area contributed by atoms with Crippen molar-refractivity contribution in [1.29, 1.82) is 0 Å². The zero-order valence-corrected chi connectivity index (χ0v) is 18.4. The predicted molar refractivity (Wildman–Crippen MR) is 125 cm³/mol. The lowest BCUT2D eigenvalue weighted by Crippen LogP contribution is -2.28. The lowest BCUT2D eigenvalue weighted by molar-refractivity contribution is 0.174. The first-order chi connectivity index (χ1) is 15.7. The molecule has 5 heteroatoms. The lowest BCUT2D eigenvalue weighted by Gasteiger charge is -2.26. The Morgan fingerprint density at radius 2 is 1.84 bits per heavy atom. The van der Waals surface area contributed by atoms with E-state index in [1.807, 2.05) is 30.3 Å². The van der Waals surface area contributed by atoms with Crippen LogP contribution in [0.4, 0.5) is 0 Å². The Bertz CT molecular complexity index is 1140. The molecule has 0 spiro atoms. The first-order valence-corrected chi connectivity index (χ1v) is 10.9. The van der Waals surface area contributed by atoms with Crippen molar-refractivity contribution >= 4 is 6.08 Å². The molecule has 0 bridgehead atoms. The molecular formula is C27H27NO4. The van der Waals surface area contributed by atoms with Crippen LogP contribution in [0.1, 0.15) is 33.9 Å². The van der Waals surface area contributed by atoms with Gasteiger partial charge in [-0.1, -0.05) is 42.5 Å². The van der Waals surface area contributed by atoms with Crippen molar-refractivity contribution in [2.24, 2.45) is 0 Å². The molecule has 0 fully saturated rings. The molecule has 0 saturated heterocycles. The van der Waals surface area contributed by atoms with E-state index in [4.69, 9.17) is 18.9 Å². The summed E-state index contributed by atoms with van der Waals surface area (Å²) < 4.78 is 22.8. The quantitative estimate of drug-likeness (QED) is 0.583. The standard InChI is InChI=1S/C27H27NO4/c1-18-12-25-27(32-17-31-25)13-20(18)8-9-23-22-15-24(29-2)26(14-21(22)10-11-28-23)30-16-19-6-4-3-5-7-19/h3-9,12-15,23,28H,10-11,16-17H2,1-2H3/b9-8+. The van der Waals surface area contributed by atoms with Gasteiger partial charge in [-0.2, -0.15) is 0 Å². The number of hydrogen-bond donors (Lipinski definition) is 1. The van der Waals surface area contributed by atoms with Crippen LogP contribution in [0.2, 0.25) is 0 Å². The first-order valence-electron chi connectivity index (χ1n) is 10.9. The van der Waals surface area contributed by atoms with Crippen LogP contribution in [-0.2, 0) is 13.0 Å². The second kappa shape index (κ2) is 8.97. The van der Waals surface area contributed by atoms with Crippen molar-refractivity contribution < 1.29 is 18.9 Å². The number of methoxy groups -OCH3 is 1. The van der Waals surface area contributed by atoms with Gasteiger partial charge < -0.3 is 24.3 Å². The van der Waals surface area contributed by atoms with Crippen LogP contribution in [0, 0.1) is 6.92 Å². The average Bonchev–Trinajstić information content (AvgIpc) is 3.28. The fourth-order valence-corrected chi connectivity index (χ4v) is 4.21. The smallest absolute Gasteiger partial charge is 0.231 e. The van der Waals surface area contributed by atoms with Crippen LogP contribution >= 0.6 is 0 Å². The van der Waals surface area contributed by atoms with E-state index in [9.17, 15) is 0 Å². The molecule has 2 heterocycles. The topological polar surface area (TPSA) is 49.0 Å². The monoisotopic (exact) mass is 429 g/mol. The Labute approximate surface area is 188 Å². The number of fused-ring (bicyclic) bond motifs is 2. The van der Waals surface area contributed by atoms with Crippen molar-refractivity contribution in [2.75, 3.05) is 20.4 Å². The number of ether oxygens (including phenoxy) is 4. The van der Waals surface area contributed by atoms with Crippen molar-refractivity contribution in [3.63, 3.8) is 0 Å². The van der Waals surface area contributed by atoms with Crippen LogP contribution < -0.4 is 24.3 Å². The van der Waals surface area contributed by atoms with Crippen LogP contribution in [0.3, 0.4) is 0 Å². The molecule has 164 valence electrons. The predicted octanol–water partition coefficient (Wildman–Crippen LogP) is 5.21. The molecule has 1 N–H and O–H groups in total. The number of rotatable bonds is 6. The summed E-state index contributed by atoms with van der Waals surface area (Å²) in [6, 6.07) is 18.6. The molecule has 0 radical (unpaired) electrons. The molecule has 0 saturated carbocycles. The second-order valence-electron chi connectivity index (χ2n) is 8.08. The number of aryl methyl sites for hydroxylation is 1. The molecule has 0 amide bonds. The highest BCUT2D eigenvalue weighted by Crippen LogP contribution is 2.38. The molecule has 3 aromatic rings. The van der Waals surface area contributed by atoms with Crippen LogP contribution in [0.5, 0.6) is 23.0 Å². The summed E-state index contributed by atoms with van der Waals surface area (Å²) in [6.07, 6.45) is 5.30. The van der Waals surface area contributed by atoms with E-state index in [0.717, 1.165) is 52.7 Å². The maximum absolute atomic E-state index is 6.11. The average molecular weight is 430 g/mol. The third-order valence-electron chi connectivity index (χ3n) is 5.99. The van der Waals surface area contributed by atoms with Crippen LogP contribution in [-0.4, -0.2) is 20.4 Å². The second-order valence-corrected chi connectivity index (χ2v) is 8.08. The molecule has 2 aliphatic heterocycles. The van der Waals surface area contributed by atoms with E-state index in [0.29, 0.717) is 6.61 Å². The van der Waals surface area contributed by atoms with Gasteiger partial charge in [0.15, 0.2) is 23.0 Å². The molecule has 3 aromatic carbocycles. The molecule has 2 aliphatic rings. The van der Waals surface area contributed by atoms with Gasteiger partial charge in [0.05, 0.1) is 13.2 Å². The highest BCUT2D eigenvalue weighted by molar-refractivity contribution is 5.62. The van der Waals surface area contributed by atoms with E-state index in [1.54, 1.807) is 7.11 Å². The molecule has 5 nitrogen and oxygen atoms in total. The molecule has 0 aromatic heterocycles. The largest absolute Gasteiger partial charge is 0.493 e. The summed E-state index contributed by atoms with van der Waals surface area (Å²) in [6.45, 7) is 3.80. The van der Waals surface area contributed by atoms with Crippen molar-refractivity contribution in [2.45, 2.75) is 26.0 Å². The van der Waals surface area contributed by atoms with Crippen molar-refractivity contribution in [3.8, 4) is 23.0 Å². The Morgan fingerprint density at radius 1 is 1.03 bits per heavy atom. The maximum Gasteiger partial charge on any atom is 0.231 e. The van der Waals surface area contributed by atoms with Crippen molar-refractivity contribution in [1.82, 2.24) is 5.32 Å². The fourth-order valence-electron chi connectivity index (χ4n) is 4.21. The molecule has 1 atom stereocenters. The highest BCUT2D eigenvalue weighted by Gasteiger charge is 2.21. The minimum absolute atomic E-state index is 0.0978. The van der Waals surface area contributed by atoms with Crippen LogP contribution in [0.25, 0.3) is 6.08 Å². The lowest BCUT2D eigenvalue weighted by atomic mass is 9.92. The summed E-state index contributed by atoms with van der Waals surface area (Å²) in [7, 11) is 1.69. The third-order valence-corrected chi connectivity index (χ3v) is 5.99. The zero-order chi connectivity index (χ0) is 21.9. The Hall–Kier alpha value is -3.44. The SMILES string of the molecule is COc1cc2c(cc1OCc1ccccc1)CCNC2/C=C/c1cc2c(cc1C)OCO2. The normalized spacial score (nSPS) is 16.8. The van der Waals surface area contributed by atoms with Gasteiger partial charge >= 0.3 is 0 Å². The molecule has 1 unspecified atom stereocenters. The van der Waals surface area contributed by atoms with Gasteiger partial charge in [0, 0.05) is 6.54 Å². The minimum Gasteiger partial charge on any atom is -0.493 e. The number of benzene rings is 3. The van der Waals surface area contributed by atoms with Crippen LogP contribution in [0.15, 0.2) is 60.7 Å². The fraction of sp³-hybridized carbons (Fsp3) is 0.259. The summed E-state index contributed by atoms with van der Waals surface area (Å²) in [5, 5.41) is 3.61. The van der Waals surface area contributed by atoms with Crippen molar-refractivity contribution in [3.05, 3.63) is 88.5 Å². The Kier molecular flexibility index (Phi) is 5.73. The maximum atomic E-state index is 6.11. The first kappa shape index (κ1) is 20.5. The molecule has 0 aliphatic carbocycles. The van der Waals surface area contributed by atoms with Gasteiger partial charge in [-0.3, -0.25) is 0 Å². The van der Waals surface area contributed by atoms with E-state index < -0.39 is 0 Å². The van der Waals surface area contributed by atoms with Gasteiger partial charge in [0.1, 0.15) is 6.61 Å². The van der Waals surface area contributed by atoms with Gasteiger partial charge in [-0.05, 0) is 65.4 Å². The Balaban J connectivity index is 1.39. The highest BCUT2D eigenvalue weighted by atomic mass is 16.7. The molecule has 32 heavy (non-hydrogen) atoms. The van der Waals surface area contributed by atoms with E-state index >= 15 is 0 Å². The van der Waals surface area contributed by atoms with E-state index in [1.165, 1.54) is 11.1 Å². The summed E-state index contributed by atoms with van der Waals surface area (Å²) in [5.74, 6) is 3.15. The zero-order valence-electron chi connectivity index (χ0n) is 18.4. The van der Waals surface area contributed by atoms with E-state index in [2.05, 4.69) is 48.7 Å². The number of hydrogen-bond acceptors (Lipinski definition) is 5. The third kappa shape index (κ3) is 4.16. The van der Waals surface area contributed by atoms with Gasteiger partial charge in [-0.25, -0.2) is 0 Å². The summed E-state index contributed by atoms with van der Waals surface area (Å²) in [5.41, 5.74) is 5.91. The summed E-state index contributed by atoms with van der Waals surface area (Å²) >= 11 is 0. The van der Waals surface area contributed by atoms with Gasteiger partial charge in [0.2, 0.25) is 6.79 Å². The van der Waals surface area contributed by atoms with E-state index in [-0.39, 0.29) is 12.8 Å². The Morgan fingerprint density at radius 3 is 2.66 bits per heavy atom. The molecular weight excluding hydrogens is 402 g/mol.